The van der Waals surface area contributed by atoms with Crippen LogP contribution in [-0.2, 0) is 12.4 Å². The predicted octanol–water partition coefficient (Wildman–Crippen LogP) is 4.46. The molecule has 0 fully saturated rings. The number of pyridine rings is 1. The third kappa shape index (κ3) is 2.73. The fourth-order valence-corrected chi connectivity index (χ4v) is 2.15. The summed E-state index contributed by atoms with van der Waals surface area (Å²) >= 11 is 0. The maximum atomic E-state index is 13.0. The molecule has 1 aromatic carbocycles. The molecule has 0 aliphatic heterocycles. The number of nitrogens with zero attached hydrogens (tertiary/aromatic N) is 3. The maximum absolute atomic E-state index is 13.0. The Morgan fingerprint density at radius 3 is 2.09 bits per heavy atom. The third-order valence-corrected chi connectivity index (χ3v) is 3.13. The highest BCUT2D eigenvalue weighted by Gasteiger charge is 2.41. The van der Waals surface area contributed by atoms with Gasteiger partial charge in [-0.3, -0.25) is 4.57 Å². The first-order valence-corrected chi connectivity index (χ1v) is 6.26. The normalized spacial score (nSPS) is 12.8. The van der Waals surface area contributed by atoms with Crippen molar-refractivity contribution >= 4 is 11.0 Å². The topological polar surface area (TPSA) is 30.7 Å². The first-order chi connectivity index (χ1) is 10.7. The quantitative estimate of drug-likeness (QED) is 0.617. The molecule has 0 atom stereocenters. The van der Waals surface area contributed by atoms with E-state index >= 15 is 0 Å². The lowest BCUT2D eigenvalue weighted by Gasteiger charge is -2.12. The molecule has 3 aromatic rings. The van der Waals surface area contributed by atoms with E-state index in [1.807, 2.05) is 0 Å². The Morgan fingerprint density at radius 2 is 1.52 bits per heavy atom. The lowest BCUT2D eigenvalue weighted by Crippen LogP contribution is -2.15. The van der Waals surface area contributed by atoms with Gasteiger partial charge in [-0.15, -0.1) is 0 Å². The van der Waals surface area contributed by atoms with Gasteiger partial charge in [-0.25, -0.2) is 9.97 Å². The lowest BCUT2D eigenvalue weighted by atomic mass is 10.2. The molecule has 0 N–H and O–H groups in total. The van der Waals surface area contributed by atoms with Crippen LogP contribution in [0.4, 0.5) is 26.3 Å². The van der Waals surface area contributed by atoms with E-state index in [9.17, 15) is 26.3 Å². The molecule has 0 radical (unpaired) electrons. The van der Waals surface area contributed by atoms with Crippen LogP contribution in [0.1, 0.15) is 11.4 Å². The number of alkyl halides is 6. The van der Waals surface area contributed by atoms with E-state index in [1.165, 1.54) is 0 Å². The molecule has 0 bridgehead atoms. The minimum absolute atomic E-state index is 0.314. The number of para-hydroxylation sites is 1. The Bertz CT molecular complexity index is 849. The molecule has 0 amide bonds. The summed E-state index contributed by atoms with van der Waals surface area (Å²) in [4.78, 5) is 6.32. The van der Waals surface area contributed by atoms with Gasteiger partial charge in [0.25, 0.3) is 0 Å². The van der Waals surface area contributed by atoms with Crippen molar-refractivity contribution < 1.29 is 26.3 Å². The molecule has 0 unspecified atom stereocenters. The number of aromatic nitrogens is 3. The Morgan fingerprint density at radius 1 is 0.870 bits per heavy atom. The molecule has 0 spiro atoms. The van der Waals surface area contributed by atoms with Crippen LogP contribution in [0.3, 0.4) is 0 Å². The van der Waals surface area contributed by atoms with Crippen LogP contribution in [0.2, 0.25) is 0 Å². The fourth-order valence-electron chi connectivity index (χ4n) is 2.15. The highest BCUT2D eigenvalue weighted by Crippen LogP contribution is 2.37. The predicted molar refractivity (Wildman–Crippen MR) is 68.9 cm³/mol. The number of halogens is 6. The van der Waals surface area contributed by atoms with Crippen molar-refractivity contribution in [3.05, 3.63) is 54.1 Å². The first kappa shape index (κ1) is 15.3. The Hall–Kier alpha value is -2.58. The van der Waals surface area contributed by atoms with Gasteiger partial charge in [-0.2, -0.15) is 26.3 Å². The Kier molecular flexibility index (Phi) is 3.31. The monoisotopic (exact) mass is 331 g/mol. The van der Waals surface area contributed by atoms with Crippen molar-refractivity contribution in [3.63, 3.8) is 0 Å². The summed E-state index contributed by atoms with van der Waals surface area (Å²) in [5.74, 6) is 0. The molecular weight excluding hydrogens is 324 g/mol. The largest absolute Gasteiger partial charge is 0.435 e. The van der Waals surface area contributed by atoms with Gasteiger partial charge in [0.2, 0.25) is 0 Å². The van der Waals surface area contributed by atoms with Crippen LogP contribution in [0.5, 0.6) is 0 Å². The summed E-state index contributed by atoms with van der Waals surface area (Å²) in [6.07, 6.45) is -9.01. The van der Waals surface area contributed by atoms with Crippen molar-refractivity contribution in [1.29, 1.82) is 0 Å². The molecule has 120 valence electrons. The highest BCUT2D eigenvalue weighted by atomic mass is 19.4. The minimum atomic E-state index is -5.05. The van der Waals surface area contributed by atoms with Gasteiger partial charge in [-0.1, -0.05) is 18.2 Å². The van der Waals surface area contributed by atoms with Crippen molar-refractivity contribution in [2.45, 2.75) is 12.4 Å². The molecular formula is C14H7F6N3. The standard InChI is InChI=1S/C14H7F6N3/c15-13(16,17)10-6-9-11(12(22-10)14(18,19)20)21-7-23(9)8-4-2-1-3-5-8/h1-7H. The van der Waals surface area contributed by atoms with Crippen molar-refractivity contribution in [2.75, 3.05) is 0 Å². The Labute approximate surface area is 125 Å². The van der Waals surface area contributed by atoms with Gasteiger partial charge >= 0.3 is 12.4 Å². The smallest absolute Gasteiger partial charge is 0.299 e. The highest BCUT2D eigenvalue weighted by molar-refractivity contribution is 5.80. The first-order valence-electron chi connectivity index (χ1n) is 6.26. The van der Waals surface area contributed by atoms with Gasteiger partial charge in [0, 0.05) is 5.69 Å². The zero-order chi connectivity index (χ0) is 16.8. The number of hydrogen-bond acceptors (Lipinski definition) is 2. The van der Waals surface area contributed by atoms with E-state index in [4.69, 9.17) is 0 Å². The molecule has 3 rings (SSSR count). The van der Waals surface area contributed by atoms with Gasteiger partial charge in [0.1, 0.15) is 17.5 Å². The van der Waals surface area contributed by atoms with E-state index in [1.54, 1.807) is 30.3 Å². The third-order valence-electron chi connectivity index (χ3n) is 3.13. The van der Waals surface area contributed by atoms with Crippen LogP contribution in [-0.4, -0.2) is 14.5 Å². The van der Waals surface area contributed by atoms with Crippen LogP contribution in [0, 0.1) is 0 Å². The Balaban J connectivity index is 2.35. The SMILES string of the molecule is FC(F)(F)c1cc2c(ncn2-c2ccccc2)c(C(F)(F)F)n1. The second-order valence-electron chi connectivity index (χ2n) is 4.67. The van der Waals surface area contributed by atoms with E-state index in [0.29, 0.717) is 11.8 Å². The summed E-state index contributed by atoms with van der Waals surface area (Å²) in [5.41, 5.74) is -3.82. The number of hydrogen-bond donors (Lipinski definition) is 0. The molecule has 3 nitrogen and oxygen atoms in total. The van der Waals surface area contributed by atoms with Gasteiger partial charge < -0.3 is 0 Å². The van der Waals surface area contributed by atoms with Crippen LogP contribution in [0.25, 0.3) is 16.7 Å². The average Bonchev–Trinajstić information content (AvgIpc) is 2.89. The minimum Gasteiger partial charge on any atom is -0.299 e. The van der Waals surface area contributed by atoms with E-state index in [-0.39, 0.29) is 5.52 Å². The number of rotatable bonds is 1. The molecule has 2 heterocycles. The molecule has 0 saturated heterocycles. The summed E-state index contributed by atoms with van der Waals surface area (Å²) in [5, 5.41) is 0. The summed E-state index contributed by atoms with van der Waals surface area (Å²) < 4.78 is 78.8. The lowest BCUT2D eigenvalue weighted by molar-refractivity contribution is -0.149. The van der Waals surface area contributed by atoms with Crippen LogP contribution >= 0.6 is 0 Å². The van der Waals surface area contributed by atoms with Gasteiger partial charge in [0.15, 0.2) is 5.69 Å². The number of fused-ring (bicyclic) bond motifs is 1. The number of benzene rings is 1. The zero-order valence-corrected chi connectivity index (χ0v) is 11.2. The second-order valence-corrected chi connectivity index (χ2v) is 4.67. The second kappa shape index (κ2) is 4.97. The molecule has 9 heteroatoms. The molecule has 2 aromatic heterocycles. The molecule has 0 saturated carbocycles. The summed E-state index contributed by atoms with van der Waals surface area (Å²) in [6.45, 7) is 0. The summed E-state index contributed by atoms with van der Waals surface area (Å²) in [6, 6.07) is 8.54. The van der Waals surface area contributed by atoms with Crippen LogP contribution in [0.15, 0.2) is 42.7 Å². The van der Waals surface area contributed by atoms with Crippen molar-refractivity contribution in [3.8, 4) is 5.69 Å². The molecule has 0 aliphatic rings. The number of imidazole rings is 1. The van der Waals surface area contributed by atoms with Crippen LogP contribution < -0.4 is 0 Å². The van der Waals surface area contributed by atoms with E-state index in [0.717, 1.165) is 10.9 Å². The van der Waals surface area contributed by atoms with Crippen molar-refractivity contribution in [1.82, 2.24) is 14.5 Å². The van der Waals surface area contributed by atoms with Gasteiger partial charge in [0.05, 0.1) is 5.52 Å². The average molecular weight is 331 g/mol. The van der Waals surface area contributed by atoms with Crippen molar-refractivity contribution in [2.24, 2.45) is 0 Å². The fraction of sp³-hybridized carbons (Fsp3) is 0.143. The van der Waals surface area contributed by atoms with E-state index in [2.05, 4.69) is 9.97 Å². The van der Waals surface area contributed by atoms with E-state index < -0.39 is 29.3 Å². The summed E-state index contributed by atoms with van der Waals surface area (Å²) in [7, 11) is 0. The molecule has 23 heavy (non-hydrogen) atoms. The van der Waals surface area contributed by atoms with Gasteiger partial charge in [-0.05, 0) is 18.2 Å². The zero-order valence-electron chi connectivity index (χ0n) is 11.2. The maximum Gasteiger partial charge on any atom is 0.435 e. The molecule has 0 aliphatic carbocycles.